The van der Waals surface area contributed by atoms with Crippen LogP contribution in [0.2, 0.25) is 0 Å². The number of cyclic esters (lactones) is 1. The molecule has 4 aliphatic rings. The van der Waals surface area contributed by atoms with Gasteiger partial charge in [-0.1, -0.05) is 6.92 Å². The molecule has 1 aromatic heterocycles. The number of nitrogens with zero attached hydrogens (tertiary/aromatic N) is 1. The predicted octanol–water partition coefficient (Wildman–Crippen LogP) is 1.62. The van der Waals surface area contributed by atoms with E-state index in [1.807, 2.05) is 12.1 Å². The van der Waals surface area contributed by atoms with Crippen LogP contribution in [0.15, 0.2) is 28.6 Å². The van der Waals surface area contributed by atoms with Crippen LogP contribution in [0.3, 0.4) is 0 Å². The van der Waals surface area contributed by atoms with Crippen molar-refractivity contribution in [2.75, 3.05) is 12.1 Å². The topological polar surface area (TPSA) is 99.0 Å². The molecule has 4 aliphatic heterocycles. The van der Waals surface area contributed by atoms with Crippen molar-refractivity contribution in [3.05, 3.63) is 56.5 Å². The summed E-state index contributed by atoms with van der Waals surface area (Å²) in [5.74, 6) is 0.698. The molecule has 1 aromatic carbocycles. The Hall–Kier alpha value is -3.26. The zero-order chi connectivity index (χ0) is 19.9. The summed E-state index contributed by atoms with van der Waals surface area (Å²) in [6, 6.07) is 5.63. The van der Waals surface area contributed by atoms with Gasteiger partial charge in [0.2, 0.25) is 6.79 Å². The first-order valence-electron chi connectivity index (χ1n) is 9.58. The lowest BCUT2D eigenvalue weighted by atomic mass is 9.86. The highest BCUT2D eigenvalue weighted by atomic mass is 16.7. The molecule has 29 heavy (non-hydrogen) atoms. The first-order valence-corrected chi connectivity index (χ1v) is 9.58. The Morgan fingerprint density at radius 2 is 1.97 bits per heavy atom. The van der Waals surface area contributed by atoms with Crippen molar-refractivity contribution in [2.45, 2.75) is 38.5 Å². The van der Waals surface area contributed by atoms with E-state index in [0.29, 0.717) is 35.5 Å². The van der Waals surface area contributed by atoms with Gasteiger partial charge >= 0.3 is 5.97 Å². The SMILES string of the molecule is CCC1(O)C(=O)OCc2c1cc1n(c2=O)CC2=C1Nc1cc3c(cc1C2)OCO3. The number of rotatable bonds is 1. The van der Waals surface area contributed by atoms with Crippen molar-refractivity contribution in [3.8, 4) is 11.5 Å². The van der Waals surface area contributed by atoms with E-state index in [1.54, 1.807) is 17.6 Å². The number of aliphatic hydroxyl groups is 1. The zero-order valence-corrected chi connectivity index (χ0v) is 15.7. The van der Waals surface area contributed by atoms with Crippen LogP contribution < -0.4 is 20.3 Å². The average Bonchev–Trinajstić information content (AvgIpc) is 3.32. The molecular weight excluding hydrogens is 376 g/mol. The second-order valence-electron chi connectivity index (χ2n) is 7.75. The van der Waals surface area contributed by atoms with Crippen LogP contribution in [0.1, 0.15) is 35.7 Å². The summed E-state index contributed by atoms with van der Waals surface area (Å²) in [5.41, 5.74) is 3.22. The van der Waals surface area contributed by atoms with Crippen LogP contribution >= 0.6 is 0 Å². The number of ether oxygens (including phenoxy) is 3. The maximum atomic E-state index is 13.2. The highest BCUT2D eigenvalue weighted by Crippen LogP contribution is 2.44. The van der Waals surface area contributed by atoms with Gasteiger partial charge in [0.25, 0.3) is 5.56 Å². The third-order valence-corrected chi connectivity index (χ3v) is 6.26. The molecule has 0 saturated carbocycles. The zero-order valence-electron chi connectivity index (χ0n) is 15.7. The van der Waals surface area contributed by atoms with E-state index in [4.69, 9.17) is 14.2 Å². The highest BCUT2D eigenvalue weighted by Gasteiger charge is 2.45. The minimum atomic E-state index is -1.80. The van der Waals surface area contributed by atoms with Gasteiger partial charge < -0.3 is 29.2 Å². The number of pyridine rings is 1. The maximum Gasteiger partial charge on any atom is 0.343 e. The summed E-state index contributed by atoms with van der Waals surface area (Å²) in [4.78, 5) is 25.4. The summed E-state index contributed by atoms with van der Waals surface area (Å²) in [5, 5.41) is 14.3. The molecule has 0 amide bonds. The van der Waals surface area contributed by atoms with E-state index in [1.165, 1.54) is 0 Å². The van der Waals surface area contributed by atoms with Crippen LogP contribution in [-0.4, -0.2) is 22.4 Å². The molecular formula is C21H18N2O6. The molecule has 148 valence electrons. The molecule has 0 fully saturated rings. The largest absolute Gasteiger partial charge is 0.458 e. The van der Waals surface area contributed by atoms with Gasteiger partial charge in [-0.2, -0.15) is 0 Å². The lowest BCUT2D eigenvalue weighted by molar-refractivity contribution is -0.172. The standard InChI is InChI=1S/C21H18N2O6/c1-2-21(26)13-5-15-18-11(7-23(15)19(24)12(13)8-27-20(21)25)3-10-4-16-17(29-9-28-16)6-14(10)22-18/h4-6,22,26H,2-3,7-9H2,1H3. The van der Waals surface area contributed by atoms with Crippen molar-refractivity contribution in [3.63, 3.8) is 0 Å². The van der Waals surface area contributed by atoms with Crippen LogP contribution in [0.5, 0.6) is 11.5 Å². The van der Waals surface area contributed by atoms with Crippen LogP contribution in [0.25, 0.3) is 5.70 Å². The summed E-state index contributed by atoms with van der Waals surface area (Å²) >= 11 is 0. The van der Waals surface area contributed by atoms with Crippen LogP contribution in [0.4, 0.5) is 5.69 Å². The van der Waals surface area contributed by atoms with Gasteiger partial charge in [0.05, 0.1) is 17.0 Å². The number of benzene rings is 1. The number of anilines is 1. The summed E-state index contributed by atoms with van der Waals surface area (Å²) in [7, 11) is 0. The van der Waals surface area contributed by atoms with Gasteiger partial charge in [-0.25, -0.2) is 4.79 Å². The maximum absolute atomic E-state index is 13.2. The fraction of sp³-hybridized carbons (Fsp3) is 0.333. The second-order valence-corrected chi connectivity index (χ2v) is 7.75. The molecule has 6 rings (SSSR count). The van der Waals surface area contributed by atoms with Gasteiger partial charge in [0, 0.05) is 23.9 Å². The number of aromatic nitrogens is 1. The van der Waals surface area contributed by atoms with E-state index >= 15 is 0 Å². The van der Waals surface area contributed by atoms with Gasteiger partial charge in [-0.05, 0) is 36.1 Å². The Labute approximate surface area is 165 Å². The number of hydrogen-bond acceptors (Lipinski definition) is 7. The Morgan fingerprint density at radius 3 is 2.76 bits per heavy atom. The number of carbonyl (C=O) groups is 1. The molecule has 0 saturated heterocycles. The number of hydrogen-bond donors (Lipinski definition) is 2. The molecule has 1 unspecified atom stereocenters. The minimum Gasteiger partial charge on any atom is -0.458 e. The Morgan fingerprint density at radius 1 is 1.17 bits per heavy atom. The van der Waals surface area contributed by atoms with Gasteiger partial charge in [0.15, 0.2) is 17.1 Å². The van der Waals surface area contributed by atoms with Crippen LogP contribution in [-0.2, 0) is 34.7 Å². The minimum absolute atomic E-state index is 0.116. The molecule has 2 aromatic rings. The van der Waals surface area contributed by atoms with Crippen molar-refractivity contribution in [2.24, 2.45) is 0 Å². The fourth-order valence-corrected chi connectivity index (χ4v) is 4.62. The third kappa shape index (κ3) is 2.06. The molecule has 5 heterocycles. The van der Waals surface area contributed by atoms with E-state index in [0.717, 1.165) is 28.3 Å². The van der Waals surface area contributed by atoms with Crippen molar-refractivity contribution in [1.82, 2.24) is 4.57 Å². The Bertz CT molecular complexity index is 1210. The van der Waals surface area contributed by atoms with Gasteiger partial charge in [-0.15, -0.1) is 0 Å². The normalized spacial score (nSPS) is 23.0. The summed E-state index contributed by atoms with van der Waals surface area (Å²) in [6.45, 7) is 2.25. The number of carbonyl (C=O) groups excluding carboxylic acids is 1. The van der Waals surface area contributed by atoms with Crippen molar-refractivity contribution in [1.29, 1.82) is 0 Å². The van der Waals surface area contributed by atoms with Crippen molar-refractivity contribution < 1.29 is 24.1 Å². The number of allylic oxidation sites excluding steroid dienone is 1. The monoisotopic (exact) mass is 394 g/mol. The molecule has 0 radical (unpaired) electrons. The lowest BCUT2D eigenvalue weighted by Crippen LogP contribution is -2.44. The first kappa shape index (κ1) is 16.7. The Kier molecular flexibility index (Phi) is 3.11. The second kappa shape index (κ2) is 5.42. The van der Waals surface area contributed by atoms with Gasteiger partial charge in [-0.3, -0.25) is 4.79 Å². The number of fused-ring (bicyclic) bond motifs is 5. The molecule has 1 atom stereocenters. The third-order valence-electron chi connectivity index (χ3n) is 6.26. The molecule has 0 bridgehead atoms. The summed E-state index contributed by atoms with van der Waals surface area (Å²) in [6.07, 6.45) is 0.806. The molecule has 8 nitrogen and oxygen atoms in total. The lowest BCUT2D eigenvalue weighted by Gasteiger charge is -2.32. The van der Waals surface area contributed by atoms with Crippen molar-refractivity contribution >= 4 is 17.4 Å². The molecule has 0 aliphatic carbocycles. The number of nitrogens with one attached hydrogen (secondary N) is 1. The van der Waals surface area contributed by atoms with E-state index in [9.17, 15) is 14.7 Å². The fourth-order valence-electron chi connectivity index (χ4n) is 4.62. The molecule has 8 heteroatoms. The van der Waals surface area contributed by atoms with E-state index < -0.39 is 11.6 Å². The highest BCUT2D eigenvalue weighted by molar-refractivity contribution is 5.87. The van der Waals surface area contributed by atoms with Gasteiger partial charge in [0.1, 0.15) is 6.61 Å². The Balaban J connectivity index is 1.49. The smallest absolute Gasteiger partial charge is 0.343 e. The average molecular weight is 394 g/mol. The van der Waals surface area contributed by atoms with Crippen LogP contribution in [0, 0.1) is 0 Å². The van der Waals surface area contributed by atoms with E-state index in [-0.39, 0.29) is 25.4 Å². The predicted molar refractivity (Wildman–Crippen MR) is 101 cm³/mol. The van der Waals surface area contributed by atoms with E-state index in [2.05, 4.69) is 5.32 Å². The molecule has 2 N–H and O–H groups in total. The quantitative estimate of drug-likeness (QED) is 0.709. The first-order chi connectivity index (χ1) is 14.0. The summed E-state index contributed by atoms with van der Waals surface area (Å²) < 4.78 is 17.7. The molecule has 0 spiro atoms. The number of esters is 1.